The molecule has 0 bridgehead atoms. The molecular formula is C12H23N3OS. The molecule has 0 aromatic carbocycles. The molecule has 0 saturated heterocycles. The monoisotopic (exact) mass is 257 g/mol. The molecule has 1 atom stereocenters. The topological polar surface area (TPSA) is 51.0 Å². The second kappa shape index (κ2) is 6.40. The zero-order chi connectivity index (χ0) is 12.9. The van der Waals surface area contributed by atoms with E-state index in [1.54, 1.807) is 0 Å². The lowest BCUT2D eigenvalue weighted by Gasteiger charge is -2.15. The molecule has 1 N–H and O–H groups in total. The Labute approximate surface area is 108 Å². The number of likely N-dealkylation sites (N-methyl/N-ethyl adjacent to an activating group) is 1. The van der Waals surface area contributed by atoms with Crippen LogP contribution in [0.15, 0.2) is 4.52 Å². The van der Waals surface area contributed by atoms with Crippen LogP contribution >= 0.6 is 11.8 Å². The van der Waals surface area contributed by atoms with Gasteiger partial charge in [-0.25, -0.2) is 0 Å². The van der Waals surface area contributed by atoms with Gasteiger partial charge in [0.2, 0.25) is 5.89 Å². The maximum absolute atomic E-state index is 5.27. The lowest BCUT2D eigenvalue weighted by molar-refractivity contribution is 0.352. The molecule has 0 amide bonds. The van der Waals surface area contributed by atoms with E-state index < -0.39 is 0 Å². The van der Waals surface area contributed by atoms with E-state index in [2.05, 4.69) is 50.1 Å². The van der Waals surface area contributed by atoms with Gasteiger partial charge in [0, 0.05) is 17.2 Å². The Morgan fingerprint density at radius 2 is 2.12 bits per heavy atom. The normalized spacial score (nSPS) is 13.9. The highest BCUT2D eigenvalue weighted by Crippen LogP contribution is 2.26. The Bertz CT molecular complexity index is 333. The molecule has 98 valence electrons. The SMILES string of the molecule is CCNCC(C)c1nc(CSC(C)(C)C)no1. The van der Waals surface area contributed by atoms with E-state index in [9.17, 15) is 0 Å². The third-order valence-corrected chi connectivity index (χ3v) is 3.51. The van der Waals surface area contributed by atoms with Crippen LogP contribution in [-0.2, 0) is 5.75 Å². The summed E-state index contributed by atoms with van der Waals surface area (Å²) in [7, 11) is 0. The smallest absolute Gasteiger partial charge is 0.230 e. The highest BCUT2D eigenvalue weighted by Gasteiger charge is 2.16. The largest absolute Gasteiger partial charge is 0.339 e. The number of nitrogens with zero attached hydrogens (tertiary/aromatic N) is 2. The van der Waals surface area contributed by atoms with Crippen LogP contribution in [0.25, 0.3) is 0 Å². The summed E-state index contributed by atoms with van der Waals surface area (Å²) in [6.07, 6.45) is 0. The van der Waals surface area contributed by atoms with Crippen molar-refractivity contribution in [2.24, 2.45) is 0 Å². The molecule has 1 rings (SSSR count). The van der Waals surface area contributed by atoms with Gasteiger partial charge in [0.25, 0.3) is 0 Å². The summed E-state index contributed by atoms with van der Waals surface area (Å²) in [5, 5.41) is 7.29. The van der Waals surface area contributed by atoms with Gasteiger partial charge in [0.05, 0.1) is 5.75 Å². The predicted octanol–water partition coefficient (Wildman–Crippen LogP) is 2.81. The van der Waals surface area contributed by atoms with E-state index in [1.807, 2.05) is 11.8 Å². The van der Waals surface area contributed by atoms with Crippen molar-refractivity contribution in [2.45, 2.75) is 51.0 Å². The fraction of sp³-hybridized carbons (Fsp3) is 0.833. The van der Waals surface area contributed by atoms with Gasteiger partial charge < -0.3 is 9.84 Å². The van der Waals surface area contributed by atoms with Gasteiger partial charge in [-0.2, -0.15) is 4.98 Å². The van der Waals surface area contributed by atoms with E-state index in [4.69, 9.17) is 4.52 Å². The first-order valence-corrected chi connectivity index (χ1v) is 7.08. The summed E-state index contributed by atoms with van der Waals surface area (Å²) in [6, 6.07) is 0. The average molecular weight is 257 g/mol. The number of nitrogens with one attached hydrogen (secondary N) is 1. The molecule has 1 unspecified atom stereocenters. The van der Waals surface area contributed by atoms with Gasteiger partial charge in [0.15, 0.2) is 5.82 Å². The quantitative estimate of drug-likeness (QED) is 0.849. The Hall–Kier alpha value is -0.550. The predicted molar refractivity (Wildman–Crippen MR) is 72.3 cm³/mol. The summed E-state index contributed by atoms with van der Waals surface area (Å²) in [6.45, 7) is 12.6. The van der Waals surface area contributed by atoms with Gasteiger partial charge >= 0.3 is 0 Å². The average Bonchev–Trinajstić information content (AvgIpc) is 2.70. The Morgan fingerprint density at radius 1 is 1.41 bits per heavy atom. The standard InChI is InChI=1S/C12H23N3OS/c1-6-13-7-9(2)11-14-10(15-16-11)8-17-12(3,4)5/h9,13H,6-8H2,1-5H3. The summed E-state index contributed by atoms with van der Waals surface area (Å²) in [5.74, 6) is 2.61. The van der Waals surface area contributed by atoms with Gasteiger partial charge in [-0.05, 0) is 6.54 Å². The molecule has 0 fully saturated rings. The number of aromatic nitrogens is 2. The highest BCUT2D eigenvalue weighted by molar-refractivity contribution is 7.99. The third kappa shape index (κ3) is 5.55. The van der Waals surface area contributed by atoms with E-state index in [-0.39, 0.29) is 10.7 Å². The molecule has 0 aliphatic heterocycles. The fourth-order valence-electron chi connectivity index (χ4n) is 1.26. The Kier molecular flexibility index (Phi) is 5.46. The van der Waals surface area contributed by atoms with Gasteiger partial charge in [-0.15, -0.1) is 11.8 Å². The van der Waals surface area contributed by atoms with Crippen LogP contribution in [0.4, 0.5) is 0 Å². The number of hydrogen-bond acceptors (Lipinski definition) is 5. The Morgan fingerprint density at radius 3 is 2.71 bits per heavy atom. The molecule has 1 aromatic rings. The van der Waals surface area contributed by atoms with E-state index in [0.717, 1.165) is 30.6 Å². The molecule has 1 heterocycles. The van der Waals surface area contributed by atoms with Crippen molar-refractivity contribution in [1.29, 1.82) is 0 Å². The van der Waals surface area contributed by atoms with Crippen molar-refractivity contribution < 1.29 is 4.52 Å². The third-order valence-electron chi connectivity index (χ3n) is 2.24. The minimum absolute atomic E-state index is 0.232. The number of rotatable bonds is 6. The maximum Gasteiger partial charge on any atom is 0.230 e. The summed E-state index contributed by atoms with van der Waals surface area (Å²) >= 11 is 1.83. The number of thioether (sulfide) groups is 1. The van der Waals surface area contributed by atoms with E-state index in [0.29, 0.717) is 0 Å². The molecule has 1 aromatic heterocycles. The molecular weight excluding hydrogens is 234 g/mol. The Balaban J connectivity index is 2.47. The molecule has 4 nitrogen and oxygen atoms in total. The second-order valence-corrected chi connectivity index (χ2v) is 6.96. The van der Waals surface area contributed by atoms with E-state index >= 15 is 0 Å². The molecule has 0 aliphatic rings. The van der Waals surface area contributed by atoms with Crippen LogP contribution in [0.1, 0.15) is 52.3 Å². The molecule has 0 radical (unpaired) electrons. The molecule has 0 spiro atoms. The minimum atomic E-state index is 0.232. The fourth-order valence-corrected chi connectivity index (χ4v) is 1.93. The first-order chi connectivity index (χ1) is 7.92. The van der Waals surface area contributed by atoms with Crippen molar-refractivity contribution in [3.05, 3.63) is 11.7 Å². The summed E-state index contributed by atoms with van der Waals surface area (Å²) < 4.78 is 5.51. The van der Waals surface area contributed by atoms with Crippen LogP contribution in [0, 0.1) is 0 Å². The maximum atomic E-state index is 5.27. The van der Waals surface area contributed by atoms with Gasteiger partial charge in [0.1, 0.15) is 0 Å². The zero-order valence-electron chi connectivity index (χ0n) is 11.4. The lowest BCUT2D eigenvalue weighted by Crippen LogP contribution is -2.19. The van der Waals surface area contributed by atoms with Gasteiger partial charge in [-0.1, -0.05) is 39.8 Å². The van der Waals surface area contributed by atoms with Crippen molar-refractivity contribution >= 4 is 11.8 Å². The first-order valence-electron chi connectivity index (χ1n) is 6.09. The molecule has 0 aliphatic carbocycles. The van der Waals surface area contributed by atoms with Crippen LogP contribution < -0.4 is 5.32 Å². The van der Waals surface area contributed by atoms with Crippen LogP contribution in [-0.4, -0.2) is 28.0 Å². The summed E-state index contributed by atoms with van der Waals surface area (Å²) in [4.78, 5) is 4.43. The van der Waals surface area contributed by atoms with Crippen LogP contribution in [0.3, 0.4) is 0 Å². The van der Waals surface area contributed by atoms with Gasteiger partial charge in [-0.3, -0.25) is 0 Å². The van der Waals surface area contributed by atoms with Crippen LogP contribution in [0.5, 0.6) is 0 Å². The lowest BCUT2D eigenvalue weighted by atomic mass is 10.2. The van der Waals surface area contributed by atoms with Crippen LogP contribution in [0.2, 0.25) is 0 Å². The summed E-state index contributed by atoms with van der Waals surface area (Å²) in [5.41, 5.74) is 0. The first kappa shape index (κ1) is 14.5. The van der Waals surface area contributed by atoms with Crippen molar-refractivity contribution in [3.63, 3.8) is 0 Å². The van der Waals surface area contributed by atoms with Crippen molar-refractivity contribution in [1.82, 2.24) is 15.5 Å². The second-order valence-electron chi connectivity index (χ2n) is 5.16. The molecule has 5 heteroatoms. The van der Waals surface area contributed by atoms with Crippen molar-refractivity contribution in [3.8, 4) is 0 Å². The van der Waals surface area contributed by atoms with Crippen molar-refractivity contribution in [2.75, 3.05) is 13.1 Å². The molecule has 0 saturated carbocycles. The highest BCUT2D eigenvalue weighted by atomic mass is 32.2. The molecule has 17 heavy (non-hydrogen) atoms. The minimum Gasteiger partial charge on any atom is -0.339 e. The number of hydrogen-bond donors (Lipinski definition) is 1. The van der Waals surface area contributed by atoms with E-state index in [1.165, 1.54) is 0 Å². The zero-order valence-corrected chi connectivity index (χ0v) is 12.2.